The number of carbonyl (C=O) groups excluding carboxylic acids is 1. The highest BCUT2D eigenvalue weighted by atomic mass is 16.3. The maximum atomic E-state index is 12.2. The minimum absolute atomic E-state index is 0.156. The second kappa shape index (κ2) is 6.40. The number of hydrogen-bond donors (Lipinski definition) is 1. The summed E-state index contributed by atoms with van der Waals surface area (Å²) in [4.78, 5) is 27.3. The monoisotopic (exact) mass is 351 g/mol. The number of aromatic nitrogens is 3. The van der Waals surface area contributed by atoms with Crippen molar-refractivity contribution in [3.05, 3.63) is 36.2 Å². The Morgan fingerprint density at radius 1 is 1.23 bits per heavy atom. The van der Waals surface area contributed by atoms with Gasteiger partial charge in [-0.3, -0.25) is 10.3 Å². The Labute approximate surface area is 151 Å². The van der Waals surface area contributed by atoms with Crippen molar-refractivity contribution in [2.24, 2.45) is 0 Å². The van der Waals surface area contributed by atoms with Crippen LogP contribution in [0, 0.1) is 0 Å². The zero-order chi connectivity index (χ0) is 18.3. The van der Waals surface area contributed by atoms with E-state index in [1.165, 1.54) is 0 Å². The highest BCUT2D eigenvalue weighted by Crippen LogP contribution is 2.27. The number of carbonyl (C=O) groups is 1. The van der Waals surface area contributed by atoms with Crippen molar-refractivity contribution >= 4 is 23.0 Å². The molecule has 26 heavy (non-hydrogen) atoms. The van der Waals surface area contributed by atoms with Gasteiger partial charge in [0, 0.05) is 19.0 Å². The zero-order valence-electron chi connectivity index (χ0n) is 15.1. The standard InChI is InChI=1S/C19H21N5O2/c1-11(2)15-7-8-16(26-15)14-10-20-13-6-9-17(22-18(13)21-14)23-19(25)24(3)12-4-5-12/h6-12H,4-5H2,1-3H3,(H,21,22,23,25). The molecule has 3 aromatic rings. The van der Waals surface area contributed by atoms with Crippen molar-refractivity contribution in [3.63, 3.8) is 0 Å². The number of urea groups is 1. The SMILES string of the molecule is CC(C)c1ccc(-c2cnc3ccc(NC(=O)N(C)C4CC4)nc3n2)o1. The van der Waals surface area contributed by atoms with Crippen LogP contribution in [-0.4, -0.2) is 39.0 Å². The van der Waals surface area contributed by atoms with E-state index < -0.39 is 0 Å². The Morgan fingerprint density at radius 3 is 2.73 bits per heavy atom. The minimum atomic E-state index is -0.156. The van der Waals surface area contributed by atoms with Gasteiger partial charge in [-0.1, -0.05) is 13.8 Å². The first-order valence-electron chi connectivity index (χ1n) is 8.79. The van der Waals surface area contributed by atoms with Gasteiger partial charge in [0.2, 0.25) is 0 Å². The molecule has 0 spiro atoms. The first-order valence-corrected chi connectivity index (χ1v) is 8.79. The molecule has 0 radical (unpaired) electrons. The predicted molar refractivity (Wildman–Crippen MR) is 98.9 cm³/mol. The Balaban J connectivity index is 1.60. The normalized spacial score (nSPS) is 14.0. The smallest absolute Gasteiger partial charge is 0.322 e. The van der Waals surface area contributed by atoms with Gasteiger partial charge < -0.3 is 9.32 Å². The van der Waals surface area contributed by atoms with Crippen LogP contribution >= 0.6 is 0 Å². The average Bonchev–Trinajstić information content (AvgIpc) is 3.36. The van der Waals surface area contributed by atoms with Crippen LogP contribution in [0.25, 0.3) is 22.6 Å². The third-order valence-corrected chi connectivity index (χ3v) is 4.51. The number of rotatable bonds is 4. The van der Waals surface area contributed by atoms with Crippen molar-refractivity contribution in [3.8, 4) is 11.5 Å². The van der Waals surface area contributed by atoms with Crippen molar-refractivity contribution in [2.75, 3.05) is 12.4 Å². The molecule has 7 nitrogen and oxygen atoms in total. The Kier molecular flexibility index (Phi) is 4.06. The summed E-state index contributed by atoms with van der Waals surface area (Å²) in [6, 6.07) is 7.56. The molecule has 0 saturated heterocycles. The van der Waals surface area contributed by atoms with Gasteiger partial charge in [-0.05, 0) is 37.1 Å². The Morgan fingerprint density at radius 2 is 2.04 bits per heavy atom. The molecule has 4 rings (SSSR count). The fourth-order valence-corrected chi connectivity index (χ4v) is 2.71. The molecule has 7 heteroatoms. The van der Waals surface area contributed by atoms with Crippen LogP contribution in [0.1, 0.15) is 38.4 Å². The van der Waals surface area contributed by atoms with E-state index >= 15 is 0 Å². The Bertz CT molecular complexity index is 961. The van der Waals surface area contributed by atoms with Crippen LogP contribution in [-0.2, 0) is 0 Å². The molecule has 1 fully saturated rings. The van der Waals surface area contributed by atoms with Gasteiger partial charge >= 0.3 is 6.03 Å². The van der Waals surface area contributed by atoms with Crippen molar-refractivity contribution in [2.45, 2.75) is 38.6 Å². The van der Waals surface area contributed by atoms with Crippen LogP contribution < -0.4 is 5.32 Å². The summed E-state index contributed by atoms with van der Waals surface area (Å²) < 4.78 is 5.83. The second-order valence-electron chi connectivity index (χ2n) is 6.92. The predicted octanol–water partition coefficient (Wildman–Crippen LogP) is 4.03. The molecule has 0 aromatic carbocycles. The lowest BCUT2D eigenvalue weighted by molar-refractivity contribution is 0.220. The van der Waals surface area contributed by atoms with Crippen LogP contribution in [0.5, 0.6) is 0 Å². The van der Waals surface area contributed by atoms with Gasteiger partial charge in [0.15, 0.2) is 11.4 Å². The van der Waals surface area contributed by atoms with E-state index in [9.17, 15) is 4.79 Å². The van der Waals surface area contributed by atoms with E-state index in [2.05, 4.69) is 34.1 Å². The number of fused-ring (bicyclic) bond motifs is 1. The molecular formula is C19H21N5O2. The van der Waals surface area contributed by atoms with Crippen LogP contribution in [0.3, 0.4) is 0 Å². The lowest BCUT2D eigenvalue weighted by Gasteiger charge is -2.16. The summed E-state index contributed by atoms with van der Waals surface area (Å²) in [7, 11) is 1.80. The average molecular weight is 351 g/mol. The summed E-state index contributed by atoms with van der Waals surface area (Å²) in [5.74, 6) is 2.33. The van der Waals surface area contributed by atoms with E-state index in [4.69, 9.17) is 4.42 Å². The number of furan rings is 1. The molecule has 1 aliphatic carbocycles. The zero-order valence-corrected chi connectivity index (χ0v) is 15.1. The summed E-state index contributed by atoms with van der Waals surface area (Å²) in [6.07, 6.45) is 3.79. The number of nitrogens with one attached hydrogen (secondary N) is 1. The minimum Gasteiger partial charge on any atom is -0.459 e. The number of hydrogen-bond acceptors (Lipinski definition) is 5. The van der Waals surface area contributed by atoms with E-state index in [1.54, 1.807) is 30.3 Å². The van der Waals surface area contributed by atoms with Gasteiger partial charge in [-0.25, -0.2) is 14.8 Å². The molecule has 0 atom stereocenters. The second-order valence-corrected chi connectivity index (χ2v) is 6.92. The van der Waals surface area contributed by atoms with Crippen LogP contribution in [0.4, 0.5) is 10.6 Å². The van der Waals surface area contributed by atoms with E-state index in [-0.39, 0.29) is 6.03 Å². The summed E-state index contributed by atoms with van der Waals surface area (Å²) in [5.41, 5.74) is 1.75. The highest BCUT2D eigenvalue weighted by molar-refractivity contribution is 5.89. The molecule has 0 unspecified atom stereocenters. The molecular weight excluding hydrogens is 330 g/mol. The van der Waals surface area contributed by atoms with Crippen molar-refractivity contribution in [1.29, 1.82) is 0 Å². The van der Waals surface area contributed by atoms with Crippen molar-refractivity contribution in [1.82, 2.24) is 19.9 Å². The van der Waals surface area contributed by atoms with E-state index in [0.717, 1.165) is 18.6 Å². The van der Waals surface area contributed by atoms with Gasteiger partial charge in [0.25, 0.3) is 0 Å². The molecule has 1 aliphatic rings. The van der Waals surface area contributed by atoms with Crippen LogP contribution in [0.15, 0.2) is 34.9 Å². The molecule has 0 aliphatic heterocycles. The first-order chi connectivity index (χ1) is 12.5. The number of amides is 2. The lowest BCUT2D eigenvalue weighted by Crippen LogP contribution is -2.33. The Hall–Kier alpha value is -2.96. The van der Waals surface area contributed by atoms with Crippen LogP contribution in [0.2, 0.25) is 0 Å². The number of nitrogens with zero attached hydrogens (tertiary/aromatic N) is 4. The lowest BCUT2D eigenvalue weighted by atomic mass is 10.2. The maximum absolute atomic E-state index is 12.2. The molecule has 2 amide bonds. The topological polar surface area (TPSA) is 84.2 Å². The summed E-state index contributed by atoms with van der Waals surface area (Å²) >= 11 is 0. The third-order valence-electron chi connectivity index (χ3n) is 4.51. The molecule has 3 aromatic heterocycles. The molecule has 3 heterocycles. The fourth-order valence-electron chi connectivity index (χ4n) is 2.71. The fraction of sp³-hybridized carbons (Fsp3) is 0.368. The van der Waals surface area contributed by atoms with Gasteiger partial charge in [-0.2, -0.15) is 0 Å². The number of pyridine rings is 1. The largest absolute Gasteiger partial charge is 0.459 e. The van der Waals surface area contributed by atoms with E-state index in [0.29, 0.717) is 40.4 Å². The summed E-state index contributed by atoms with van der Waals surface area (Å²) in [5, 5.41) is 2.82. The summed E-state index contributed by atoms with van der Waals surface area (Å²) in [6.45, 7) is 4.15. The third kappa shape index (κ3) is 3.24. The first kappa shape index (κ1) is 16.5. The van der Waals surface area contributed by atoms with Crippen molar-refractivity contribution < 1.29 is 9.21 Å². The van der Waals surface area contributed by atoms with Gasteiger partial charge in [0.1, 0.15) is 22.8 Å². The maximum Gasteiger partial charge on any atom is 0.322 e. The molecule has 0 bridgehead atoms. The quantitative estimate of drug-likeness (QED) is 0.767. The molecule has 1 saturated carbocycles. The van der Waals surface area contributed by atoms with Gasteiger partial charge in [-0.15, -0.1) is 0 Å². The number of anilines is 1. The highest BCUT2D eigenvalue weighted by Gasteiger charge is 2.29. The van der Waals surface area contributed by atoms with Gasteiger partial charge in [0.05, 0.1) is 6.20 Å². The van der Waals surface area contributed by atoms with E-state index in [1.807, 2.05) is 12.1 Å². The molecule has 134 valence electrons. The molecule has 1 N–H and O–H groups in total.